The van der Waals surface area contributed by atoms with Gasteiger partial charge in [0.15, 0.2) is 5.13 Å². The molecule has 1 aromatic heterocycles. The number of amides is 1. The van der Waals surface area contributed by atoms with E-state index in [1.54, 1.807) is 6.20 Å². The summed E-state index contributed by atoms with van der Waals surface area (Å²) in [5, 5.41) is 4.30. The molecule has 0 atom stereocenters. The molecule has 1 aliphatic rings. The molecule has 0 unspecified atom stereocenters. The summed E-state index contributed by atoms with van der Waals surface area (Å²) in [4.78, 5) is 18.7. The Morgan fingerprint density at radius 2 is 1.60 bits per heavy atom. The van der Waals surface area contributed by atoms with Crippen molar-refractivity contribution < 1.29 is 9.53 Å². The number of ether oxygens (including phenoxy) is 1. The number of aromatic nitrogens is 1. The molecule has 0 saturated carbocycles. The fourth-order valence-electron chi connectivity index (χ4n) is 3.65. The van der Waals surface area contributed by atoms with Crippen molar-refractivity contribution in [2.24, 2.45) is 0 Å². The van der Waals surface area contributed by atoms with E-state index in [0.717, 1.165) is 26.6 Å². The van der Waals surface area contributed by atoms with Crippen molar-refractivity contribution in [1.29, 1.82) is 0 Å². The third-order valence-electron chi connectivity index (χ3n) is 5.05. The summed E-state index contributed by atoms with van der Waals surface area (Å²) in [5.74, 6) is 0.823. The summed E-state index contributed by atoms with van der Waals surface area (Å²) in [5.41, 5.74) is 2.73. The molecule has 3 aromatic carbocycles. The van der Waals surface area contributed by atoms with Crippen LogP contribution in [0.5, 0.6) is 11.5 Å². The summed E-state index contributed by atoms with van der Waals surface area (Å²) in [6, 6.07) is 23.0. The highest BCUT2D eigenvalue weighted by atomic mass is 35.5. The minimum absolute atomic E-state index is 0.128. The zero-order valence-electron chi connectivity index (χ0n) is 15.8. The summed E-state index contributed by atoms with van der Waals surface area (Å²) >= 11 is 7.72. The van der Waals surface area contributed by atoms with Gasteiger partial charge >= 0.3 is 0 Å². The van der Waals surface area contributed by atoms with Gasteiger partial charge in [0.1, 0.15) is 11.5 Å². The van der Waals surface area contributed by atoms with E-state index in [0.29, 0.717) is 23.1 Å². The van der Waals surface area contributed by atoms with Crippen molar-refractivity contribution in [3.05, 3.63) is 106 Å². The standard InChI is InChI=1S/C24H17ClN2O2S/c25-19-10-4-1-7-15(19)13-16-14-26-24(30-16)27-23(28)22-17-8-2-5-11-20(17)29-21-12-6-3-9-18(21)22/h1-12,14,22H,13H2,(H,26,27,28). The Morgan fingerprint density at radius 3 is 2.30 bits per heavy atom. The minimum atomic E-state index is -0.456. The van der Waals surface area contributed by atoms with Crippen molar-refractivity contribution in [2.45, 2.75) is 12.3 Å². The number of anilines is 1. The molecule has 6 heteroatoms. The summed E-state index contributed by atoms with van der Waals surface area (Å²) in [7, 11) is 0. The second-order valence-corrected chi connectivity index (χ2v) is 8.52. The van der Waals surface area contributed by atoms with Crippen molar-refractivity contribution in [1.82, 2.24) is 4.98 Å². The van der Waals surface area contributed by atoms with Crippen molar-refractivity contribution >= 4 is 34.0 Å². The van der Waals surface area contributed by atoms with Crippen LogP contribution < -0.4 is 10.1 Å². The van der Waals surface area contributed by atoms with Crippen molar-refractivity contribution in [2.75, 3.05) is 5.32 Å². The molecule has 0 aliphatic carbocycles. The number of rotatable bonds is 4. The second kappa shape index (κ2) is 7.94. The molecule has 2 heterocycles. The van der Waals surface area contributed by atoms with Gasteiger partial charge in [0.2, 0.25) is 5.91 Å². The quantitative estimate of drug-likeness (QED) is 0.414. The highest BCUT2D eigenvalue weighted by molar-refractivity contribution is 7.15. The second-order valence-electron chi connectivity index (χ2n) is 7.00. The van der Waals surface area contributed by atoms with Crippen LogP contribution in [0.1, 0.15) is 27.5 Å². The Labute approximate surface area is 183 Å². The fourth-order valence-corrected chi connectivity index (χ4v) is 4.69. The number of hydrogen-bond acceptors (Lipinski definition) is 4. The largest absolute Gasteiger partial charge is 0.457 e. The van der Waals surface area contributed by atoms with Crippen LogP contribution >= 0.6 is 22.9 Å². The number of carbonyl (C=O) groups is 1. The number of halogens is 1. The normalized spacial score (nSPS) is 12.6. The van der Waals surface area contributed by atoms with Crippen LogP contribution in [0, 0.1) is 0 Å². The summed E-state index contributed by atoms with van der Waals surface area (Å²) in [6.45, 7) is 0. The van der Waals surface area contributed by atoms with Crippen molar-refractivity contribution in [3.63, 3.8) is 0 Å². The maximum absolute atomic E-state index is 13.3. The van der Waals surface area contributed by atoms with Crippen LogP contribution in [0.2, 0.25) is 5.02 Å². The first kappa shape index (κ1) is 18.9. The lowest BCUT2D eigenvalue weighted by Gasteiger charge is -2.27. The smallest absolute Gasteiger partial charge is 0.238 e. The predicted octanol–water partition coefficient (Wildman–Crippen LogP) is 6.26. The average Bonchev–Trinajstić information content (AvgIpc) is 3.20. The number of fused-ring (bicyclic) bond motifs is 2. The van der Waals surface area contributed by atoms with E-state index in [1.165, 1.54) is 11.3 Å². The maximum atomic E-state index is 13.3. The van der Waals surface area contributed by atoms with Gasteiger partial charge in [0.25, 0.3) is 0 Å². The molecule has 148 valence electrons. The highest BCUT2D eigenvalue weighted by Crippen LogP contribution is 2.44. The van der Waals surface area contributed by atoms with Gasteiger partial charge in [-0.2, -0.15) is 0 Å². The number of carbonyl (C=O) groups excluding carboxylic acids is 1. The maximum Gasteiger partial charge on any atom is 0.238 e. The topological polar surface area (TPSA) is 51.2 Å². The lowest BCUT2D eigenvalue weighted by molar-refractivity contribution is -0.116. The van der Waals surface area contributed by atoms with Crippen LogP contribution in [0.4, 0.5) is 5.13 Å². The van der Waals surface area contributed by atoms with E-state index >= 15 is 0 Å². The molecule has 4 nitrogen and oxygen atoms in total. The van der Waals surface area contributed by atoms with Crippen LogP contribution in [-0.4, -0.2) is 10.9 Å². The lowest BCUT2D eigenvalue weighted by atomic mass is 9.87. The van der Waals surface area contributed by atoms with Gasteiger partial charge in [0, 0.05) is 33.6 Å². The van der Waals surface area contributed by atoms with Crippen LogP contribution in [0.15, 0.2) is 79.0 Å². The summed E-state index contributed by atoms with van der Waals surface area (Å²) < 4.78 is 5.98. The Kier molecular flexibility index (Phi) is 4.99. The predicted molar refractivity (Wildman–Crippen MR) is 120 cm³/mol. The first-order valence-corrected chi connectivity index (χ1v) is 10.7. The van der Waals surface area contributed by atoms with Gasteiger partial charge in [-0.3, -0.25) is 4.79 Å². The SMILES string of the molecule is O=C(Nc1ncc(Cc2ccccc2Cl)s1)C1c2ccccc2Oc2ccccc21. The first-order valence-electron chi connectivity index (χ1n) is 9.54. The molecular formula is C24H17ClN2O2S. The molecular weight excluding hydrogens is 416 g/mol. The summed E-state index contributed by atoms with van der Waals surface area (Å²) in [6.07, 6.45) is 2.46. The molecule has 0 spiro atoms. The Bertz CT molecular complexity index is 1190. The molecule has 0 fully saturated rings. The third kappa shape index (κ3) is 3.58. The number of nitrogens with zero attached hydrogens (tertiary/aromatic N) is 1. The number of benzene rings is 3. The molecule has 0 saturated heterocycles. The van der Waals surface area contributed by atoms with Crippen molar-refractivity contribution in [3.8, 4) is 11.5 Å². The van der Waals surface area contributed by atoms with E-state index in [4.69, 9.17) is 16.3 Å². The number of para-hydroxylation sites is 2. The van der Waals surface area contributed by atoms with Crippen LogP contribution in [0.3, 0.4) is 0 Å². The molecule has 4 aromatic rings. The van der Waals surface area contributed by atoms with E-state index < -0.39 is 5.92 Å². The Morgan fingerprint density at radius 1 is 0.967 bits per heavy atom. The van der Waals surface area contributed by atoms with Gasteiger partial charge in [0.05, 0.1) is 5.92 Å². The Balaban J connectivity index is 1.40. The lowest BCUT2D eigenvalue weighted by Crippen LogP contribution is -2.24. The fraction of sp³-hybridized carbons (Fsp3) is 0.0833. The molecule has 5 rings (SSSR count). The van der Waals surface area contributed by atoms with Gasteiger partial charge in [-0.25, -0.2) is 4.98 Å². The zero-order chi connectivity index (χ0) is 20.5. The molecule has 30 heavy (non-hydrogen) atoms. The highest BCUT2D eigenvalue weighted by Gasteiger charge is 2.32. The minimum Gasteiger partial charge on any atom is -0.457 e. The average molecular weight is 433 g/mol. The van der Waals surface area contributed by atoms with Crippen LogP contribution in [0.25, 0.3) is 0 Å². The van der Waals surface area contributed by atoms with Gasteiger partial charge in [-0.1, -0.05) is 66.2 Å². The van der Waals surface area contributed by atoms with Gasteiger partial charge < -0.3 is 10.1 Å². The van der Waals surface area contributed by atoms with E-state index in [-0.39, 0.29) is 5.91 Å². The van der Waals surface area contributed by atoms with Gasteiger partial charge in [-0.05, 0) is 23.8 Å². The zero-order valence-corrected chi connectivity index (χ0v) is 17.4. The molecule has 1 N–H and O–H groups in total. The molecule has 0 radical (unpaired) electrons. The first-order chi connectivity index (χ1) is 14.7. The Hall–Kier alpha value is -3.15. The van der Waals surface area contributed by atoms with Crippen LogP contribution in [-0.2, 0) is 11.2 Å². The van der Waals surface area contributed by atoms with E-state index in [1.807, 2.05) is 72.8 Å². The van der Waals surface area contributed by atoms with E-state index in [9.17, 15) is 4.79 Å². The molecule has 0 bridgehead atoms. The molecule has 1 amide bonds. The number of hydrogen-bond donors (Lipinski definition) is 1. The number of nitrogens with one attached hydrogen (secondary N) is 1. The van der Waals surface area contributed by atoms with E-state index in [2.05, 4.69) is 10.3 Å². The monoisotopic (exact) mass is 432 g/mol. The van der Waals surface area contributed by atoms with Gasteiger partial charge in [-0.15, -0.1) is 11.3 Å². The molecule has 1 aliphatic heterocycles. The third-order valence-corrected chi connectivity index (χ3v) is 6.33. The number of thiazole rings is 1.